The van der Waals surface area contributed by atoms with Gasteiger partial charge < -0.3 is 14.0 Å². The van der Waals surface area contributed by atoms with Crippen molar-refractivity contribution in [2.24, 2.45) is 19.1 Å². The Bertz CT molecular complexity index is 2200. The van der Waals surface area contributed by atoms with Crippen molar-refractivity contribution < 1.29 is 4.79 Å². The molecule has 2 aromatic heterocycles. The number of nitrogens with zero attached hydrogens (tertiary/aromatic N) is 5. The van der Waals surface area contributed by atoms with E-state index in [1.165, 1.54) is 57.3 Å². The van der Waals surface area contributed by atoms with Crippen molar-refractivity contribution in [1.82, 2.24) is 14.1 Å². The molecule has 4 heterocycles. The van der Waals surface area contributed by atoms with E-state index in [1.54, 1.807) is 11.6 Å². The maximum absolute atomic E-state index is 11.1. The minimum Gasteiger partial charge on any atom is -0.374 e. The molecule has 0 bridgehead atoms. The van der Waals surface area contributed by atoms with Gasteiger partial charge in [0.1, 0.15) is 0 Å². The first kappa shape index (κ1) is 53.0. The van der Waals surface area contributed by atoms with Crippen LogP contribution < -0.4 is 15.5 Å². The molecular weight excluding hydrogens is 735 g/mol. The van der Waals surface area contributed by atoms with Gasteiger partial charge in [-0.2, -0.15) is 0 Å². The van der Waals surface area contributed by atoms with Crippen LogP contribution in [-0.2, 0) is 25.3 Å². The van der Waals surface area contributed by atoms with Crippen molar-refractivity contribution in [2.75, 3.05) is 18.5 Å². The van der Waals surface area contributed by atoms with Crippen LogP contribution in [0.1, 0.15) is 162 Å². The number of amides is 1. The predicted molar refractivity (Wildman–Crippen MR) is 265 cm³/mol. The molecule has 1 amide bonds. The first-order valence-electron chi connectivity index (χ1n) is 22.8. The SMILES string of the molecule is CC.CC.CC.CC.CC(C)c1cccc2c1=CC(=O)N=2.CC(C)c1cccc2c1CCN2C.CC(C)c1cccc2c1ccn2C.CC(C)c1cccc2c1ncn2C. The van der Waals surface area contributed by atoms with Crippen molar-refractivity contribution in [3.63, 3.8) is 0 Å². The number of aromatic nitrogens is 3. The minimum absolute atomic E-state index is 0.136. The largest absolute Gasteiger partial charge is 0.374 e. The predicted octanol–water partition coefficient (Wildman–Crippen LogP) is 13.7. The zero-order valence-electron chi connectivity index (χ0n) is 41.1. The van der Waals surface area contributed by atoms with Gasteiger partial charge in [0.2, 0.25) is 0 Å². The Hall–Kier alpha value is -4.97. The van der Waals surface area contributed by atoms with Gasteiger partial charge in [-0.15, -0.1) is 0 Å². The van der Waals surface area contributed by atoms with E-state index >= 15 is 0 Å². The summed E-state index contributed by atoms with van der Waals surface area (Å²) in [5.41, 5.74) is 12.2. The molecule has 2 aliphatic rings. The van der Waals surface area contributed by atoms with Crippen LogP contribution in [0.3, 0.4) is 0 Å². The summed E-state index contributed by atoms with van der Waals surface area (Å²) in [7, 11) is 6.29. The molecule has 6 heteroatoms. The van der Waals surface area contributed by atoms with Gasteiger partial charge in [0.25, 0.3) is 5.91 Å². The van der Waals surface area contributed by atoms with Crippen LogP contribution in [0.4, 0.5) is 5.69 Å². The van der Waals surface area contributed by atoms with E-state index in [4.69, 9.17) is 0 Å². The molecule has 6 aromatic rings. The van der Waals surface area contributed by atoms with Gasteiger partial charge in [-0.25, -0.2) is 9.98 Å². The molecule has 0 unspecified atom stereocenters. The summed E-state index contributed by atoms with van der Waals surface area (Å²) in [4.78, 5) is 21.7. The highest BCUT2D eigenvalue weighted by Crippen LogP contribution is 2.33. The fourth-order valence-corrected chi connectivity index (χ4v) is 7.24. The molecule has 0 atom stereocenters. The maximum atomic E-state index is 11.1. The quantitative estimate of drug-likeness (QED) is 0.178. The molecule has 0 N–H and O–H groups in total. The number of imidazole rings is 1. The Balaban J connectivity index is 0.000000378. The summed E-state index contributed by atoms with van der Waals surface area (Å²) >= 11 is 0. The molecule has 0 saturated carbocycles. The second-order valence-corrected chi connectivity index (χ2v) is 15.3. The van der Waals surface area contributed by atoms with Crippen molar-refractivity contribution in [3.05, 3.63) is 130 Å². The lowest BCUT2D eigenvalue weighted by atomic mass is 9.96. The number of fused-ring (bicyclic) bond motifs is 4. The smallest absolute Gasteiger partial charge is 0.270 e. The zero-order chi connectivity index (χ0) is 45.7. The van der Waals surface area contributed by atoms with E-state index in [0.717, 1.165) is 16.1 Å². The van der Waals surface area contributed by atoms with Gasteiger partial charge in [-0.3, -0.25) is 4.79 Å². The van der Waals surface area contributed by atoms with Gasteiger partial charge in [0.05, 0.1) is 22.7 Å². The summed E-state index contributed by atoms with van der Waals surface area (Å²) in [5.74, 6) is 2.10. The maximum Gasteiger partial charge on any atom is 0.270 e. The topological polar surface area (TPSA) is 55.4 Å². The van der Waals surface area contributed by atoms with Crippen LogP contribution in [0.25, 0.3) is 28.0 Å². The van der Waals surface area contributed by atoms with Gasteiger partial charge in [0, 0.05) is 61.8 Å². The van der Waals surface area contributed by atoms with E-state index in [-0.39, 0.29) is 5.91 Å². The van der Waals surface area contributed by atoms with Crippen LogP contribution in [0.15, 0.2) is 96.4 Å². The number of hydrogen-bond acceptors (Lipinski definition) is 3. The molecule has 2 aliphatic heterocycles. The van der Waals surface area contributed by atoms with Crippen LogP contribution >= 0.6 is 0 Å². The van der Waals surface area contributed by atoms with Crippen molar-refractivity contribution in [1.29, 1.82) is 0 Å². The van der Waals surface area contributed by atoms with Crippen molar-refractivity contribution in [2.45, 2.75) is 141 Å². The standard InChI is InChI=1S/C12H17N.C12H15N.C11H14N2.C11H11NO.4C2H6/c2*1-9(2)10-5-4-6-12-11(10)7-8-13(12)3;1-8(2)9-5-4-6-10-11(9)12-7-13(10)3;1-7(2)8-4-3-5-10-9(8)6-11(13)12-10;4*1-2/h4-6,9H,7-8H2,1-3H3;4-9H,1-3H3;4-8H,1-3H3;3-7H,1-2H3;4*1-2H3. The number of hydrogen-bond donors (Lipinski definition) is 0. The Labute approximate surface area is 365 Å². The number of carbonyl (C=O) groups is 1. The lowest BCUT2D eigenvalue weighted by molar-refractivity contribution is -0.112. The van der Waals surface area contributed by atoms with Crippen LogP contribution in [0.5, 0.6) is 0 Å². The molecule has 6 nitrogen and oxygen atoms in total. The first-order valence-corrected chi connectivity index (χ1v) is 22.8. The highest BCUT2D eigenvalue weighted by Gasteiger charge is 2.19. The molecule has 8 rings (SSSR count). The van der Waals surface area contributed by atoms with Crippen molar-refractivity contribution >= 4 is 39.6 Å². The Morgan fingerprint density at radius 1 is 0.550 bits per heavy atom. The second-order valence-electron chi connectivity index (χ2n) is 15.3. The summed E-state index contributed by atoms with van der Waals surface area (Å²) in [5, 5.41) is 3.21. The van der Waals surface area contributed by atoms with Gasteiger partial charge in [-0.1, -0.05) is 159 Å². The van der Waals surface area contributed by atoms with Crippen LogP contribution in [0, 0.1) is 0 Å². The van der Waals surface area contributed by atoms with Crippen LogP contribution in [-0.4, -0.2) is 33.6 Å². The van der Waals surface area contributed by atoms with Crippen molar-refractivity contribution in [3.8, 4) is 0 Å². The number of aryl methyl sites for hydroxylation is 2. The van der Waals surface area contributed by atoms with Gasteiger partial charge in [-0.05, 0) is 88.2 Å². The Morgan fingerprint density at radius 2 is 1.05 bits per heavy atom. The number of benzene rings is 4. The van der Waals surface area contributed by atoms with E-state index in [9.17, 15) is 4.79 Å². The molecule has 4 aromatic carbocycles. The molecule has 0 fully saturated rings. The average Bonchev–Trinajstić information content (AvgIpc) is 4.06. The molecule has 0 spiro atoms. The molecule has 60 heavy (non-hydrogen) atoms. The fourth-order valence-electron chi connectivity index (χ4n) is 7.24. The summed E-state index contributed by atoms with van der Waals surface area (Å²) in [6.07, 6.45) is 6.83. The van der Waals surface area contributed by atoms with Gasteiger partial charge >= 0.3 is 0 Å². The zero-order valence-corrected chi connectivity index (χ0v) is 41.1. The van der Waals surface area contributed by atoms with Crippen LogP contribution in [0.2, 0.25) is 0 Å². The number of likely N-dealkylation sites (N-methyl/N-ethyl adjacent to an activating group) is 1. The van der Waals surface area contributed by atoms with Gasteiger partial charge in [0.15, 0.2) is 0 Å². The molecule has 0 aliphatic carbocycles. The van der Waals surface area contributed by atoms with E-state index < -0.39 is 0 Å². The molecule has 0 radical (unpaired) electrons. The monoisotopic (exact) mass is 816 g/mol. The molecule has 0 saturated heterocycles. The lowest BCUT2D eigenvalue weighted by Gasteiger charge is -2.14. The highest BCUT2D eigenvalue weighted by atomic mass is 16.1. The Morgan fingerprint density at radius 3 is 1.63 bits per heavy atom. The third-order valence-electron chi connectivity index (χ3n) is 10.1. The van der Waals surface area contributed by atoms with E-state index in [1.807, 2.05) is 87.0 Å². The summed E-state index contributed by atoms with van der Waals surface area (Å²) < 4.78 is 4.22. The number of para-hydroxylation sites is 1. The summed E-state index contributed by atoms with van der Waals surface area (Å²) in [6.45, 7) is 34.8. The number of anilines is 1. The fraction of sp³-hybridized carbons (Fsp3) is 0.463. The Kier molecular flexibility index (Phi) is 23.9. The highest BCUT2D eigenvalue weighted by molar-refractivity contribution is 6.06. The molecular formula is C54H81N5O. The minimum atomic E-state index is -0.136. The number of carbonyl (C=O) groups excluding carboxylic acids is 1. The normalized spacial score (nSPS) is 11.7. The third-order valence-corrected chi connectivity index (χ3v) is 10.1. The lowest BCUT2D eigenvalue weighted by Crippen LogP contribution is -2.25. The number of rotatable bonds is 4. The van der Waals surface area contributed by atoms with E-state index in [0.29, 0.717) is 23.7 Å². The second kappa shape index (κ2) is 27.0. The third kappa shape index (κ3) is 13.8. The van der Waals surface area contributed by atoms with E-state index in [2.05, 4.69) is 160 Å². The average molecular weight is 816 g/mol. The first-order chi connectivity index (χ1) is 28.8. The molecule has 328 valence electrons. The summed E-state index contributed by atoms with van der Waals surface area (Å²) in [6, 6.07) is 27.6.